The molecule has 0 aromatic heterocycles. The highest BCUT2D eigenvalue weighted by Gasteiger charge is 2.33. The molecule has 0 aliphatic carbocycles. The molecule has 0 aromatic carbocycles. The SMILES string of the molecule is C=CC[C@]1(CC)CCCN(/C=C/C[C@]2(CC)CCCN(O)C2)C1. The van der Waals surface area contributed by atoms with Crippen molar-refractivity contribution in [2.75, 3.05) is 26.2 Å². The highest BCUT2D eigenvalue weighted by atomic mass is 16.5. The van der Waals surface area contributed by atoms with Crippen LogP contribution < -0.4 is 0 Å². The van der Waals surface area contributed by atoms with Crippen LogP contribution in [0.15, 0.2) is 24.9 Å². The zero-order valence-corrected chi connectivity index (χ0v) is 15.3. The third kappa shape index (κ3) is 4.84. The largest absolute Gasteiger partial charge is 0.377 e. The summed E-state index contributed by atoms with van der Waals surface area (Å²) in [4.78, 5) is 2.51. The lowest BCUT2D eigenvalue weighted by Gasteiger charge is -2.42. The molecule has 2 heterocycles. The van der Waals surface area contributed by atoms with Crippen molar-refractivity contribution in [3.63, 3.8) is 0 Å². The van der Waals surface area contributed by atoms with Gasteiger partial charge in [-0.1, -0.05) is 26.0 Å². The maximum absolute atomic E-state index is 9.87. The lowest BCUT2D eigenvalue weighted by molar-refractivity contribution is -0.139. The molecule has 2 aliphatic heterocycles. The highest BCUT2D eigenvalue weighted by molar-refractivity contribution is 4.98. The molecule has 0 unspecified atom stereocenters. The van der Waals surface area contributed by atoms with E-state index in [4.69, 9.17) is 0 Å². The van der Waals surface area contributed by atoms with Gasteiger partial charge in [-0.25, -0.2) is 0 Å². The van der Waals surface area contributed by atoms with Crippen molar-refractivity contribution < 1.29 is 5.21 Å². The minimum atomic E-state index is 0.266. The maximum atomic E-state index is 9.87. The van der Waals surface area contributed by atoms with Crippen LogP contribution in [0.2, 0.25) is 0 Å². The quantitative estimate of drug-likeness (QED) is 0.680. The first-order chi connectivity index (χ1) is 11.1. The second-order valence-electron chi connectivity index (χ2n) is 7.85. The summed E-state index contributed by atoms with van der Waals surface area (Å²) >= 11 is 0. The monoisotopic (exact) mass is 320 g/mol. The molecule has 2 aliphatic rings. The summed E-state index contributed by atoms with van der Waals surface area (Å²) in [6.45, 7) is 12.5. The van der Waals surface area contributed by atoms with Gasteiger partial charge in [0.15, 0.2) is 0 Å². The Morgan fingerprint density at radius 2 is 1.65 bits per heavy atom. The Morgan fingerprint density at radius 1 is 1.00 bits per heavy atom. The molecule has 2 fully saturated rings. The Labute approximate surface area is 143 Å². The molecule has 3 heteroatoms. The summed E-state index contributed by atoms with van der Waals surface area (Å²) in [5, 5.41) is 11.4. The normalized spacial score (nSPS) is 33.3. The number of hydroxylamine groups is 2. The Kier molecular flexibility index (Phi) is 6.72. The molecule has 0 bridgehead atoms. The Hall–Kier alpha value is -0.800. The molecule has 3 nitrogen and oxygen atoms in total. The van der Waals surface area contributed by atoms with E-state index in [-0.39, 0.29) is 5.41 Å². The maximum Gasteiger partial charge on any atom is 0.0297 e. The molecule has 0 amide bonds. The van der Waals surface area contributed by atoms with E-state index in [0.29, 0.717) is 5.41 Å². The van der Waals surface area contributed by atoms with Gasteiger partial charge in [0, 0.05) is 26.2 Å². The second-order valence-corrected chi connectivity index (χ2v) is 7.85. The standard InChI is InChI=1S/C20H36N2O/c1-4-10-19(5-2)11-7-14-21(17-19)15-8-12-20(6-3)13-9-16-22(23)18-20/h4,8,15,23H,1,5-7,9-14,16-18H2,2-3H3/b15-8+/t19-,20-/m1/s1. The van der Waals surface area contributed by atoms with Crippen molar-refractivity contribution in [1.29, 1.82) is 0 Å². The zero-order valence-electron chi connectivity index (χ0n) is 15.3. The van der Waals surface area contributed by atoms with E-state index < -0.39 is 0 Å². The van der Waals surface area contributed by atoms with Gasteiger partial charge in [0.25, 0.3) is 0 Å². The smallest absolute Gasteiger partial charge is 0.0297 e. The van der Waals surface area contributed by atoms with Crippen LogP contribution in [-0.2, 0) is 0 Å². The van der Waals surface area contributed by atoms with Crippen LogP contribution in [0.1, 0.15) is 65.2 Å². The van der Waals surface area contributed by atoms with Gasteiger partial charge in [-0.3, -0.25) is 0 Å². The summed E-state index contributed by atoms with van der Waals surface area (Å²) < 4.78 is 0. The minimum Gasteiger partial charge on any atom is -0.377 e. The first-order valence-corrected chi connectivity index (χ1v) is 9.52. The molecule has 2 saturated heterocycles. The summed E-state index contributed by atoms with van der Waals surface area (Å²) in [6, 6.07) is 0. The number of nitrogens with zero attached hydrogens (tertiary/aromatic N) is 2. The first-order valence-electron chi connectivity index (χ1n) is 9.52. The molecule has 0 aromatic rings. The zero-order chi connectivity index (χ0) is 16.8. The van der Waals surface area contributed by atoms with E-state index >= 15 is 0 Å². The first kappa shape index (κ1) is 18.5. The van der Waals surface area contributed by atoms with Crippen molar-refractivity contribution in [2.45, 2.75) is 65.2 Å². The van der Waals surface area contributed by atoms with Crippen LogP contribution >= 0.6 is 0 Å². The van der Waals surface area contributed by atoms with E-state index in [9.17, 15) is 5.21 Å². The Morgan fingerprint density at radius 3 is 2.26 bits per heavy atom. The lowest BCUT2D eigenvalue weighted by Crippen LogP contribution is -2.41. The number of piperidine rings is 2. The van der Waals surface area contributed by atoms with Crippen LogP contribution in [-0.4, -0.2) is 41.3 Å². The number of rotatable bonds is 7. The highest BCUT2D eigenvalue weighted by Crippen LogP contribution is 2.38. The summed E-state index contributed by atoms with van der Waals surface area (Å²) in [5.74, 6) is 0. The van der Waals surface area contributed by atoms with Gasteiger partial charge in [-0.15, -0.1) is 6.58 Å². The minimum absolute atomic E-state index is 0.266. The van der Waals surface area contributed by atoms with Gasteiger partial charge < -0.3 is 10.1 Å². The number of hydrogen-bond donors (Lipinski definition) is 1. The molecule has 0 spiro atoms. The van der Waals surface area contributed by atoms with Gasteiger partial charge in [0.05, 0.1) is 0 Å². The fourth-order valence-electron chi connectivity index (χ4n) is 4.51. The topological polar surface area (TPSA) is 26.7 Å². The predicted octanol–water partition coefficient (Wildman–Crippen LogP) is 4.84. The van der Waals surface area contributed by atoms with E-state index in [1.165, 1.54) is 37.3 Å². The van der Waals surface area contributed by atoms with E-state index in [2.05, 4.69) is 43.7 Å². The van der Waals surface area contributed by atoms with Crippen LogP contribution in [0, 0.1) is 10.8 Å². The second kappa shape index (κ2) is 8.34. The molecule has 132 valence electrons. The molecular formula is C20H36N2O. The van der Waals surface area contributed by atoms with Crippen LogP contribution in [0.3, 0.4) is 0 Å². The Balaban J connectivity index is 1.92. The number of allylic oxidation sites excluding steroid dienone is 2. The average Bonchev–Trinajstić information content (AvgIpc) is 2.55. The average molecular weight is 321 g/mol. The van der Waals surface area contributed by atoms with Gasteiger partial charge >= 0.3 is 0 Å². The molecular weight excluding hydrogens is 284 g/mol. The molecule has 2 rings (SSSR count). The van der Waals surface area contributed by atoms with Gasteiger partial charge in [0.1, 0.15) is 0 Å². The van der Waals surface area contributed by atoms with E-state index in [1.807, 2.05) is 0 Å². The predicted molar refractivity (Wildman–Crippen MR) is 97.4 cm³/mol. The van der Waals surface area contributed by atoms with Crippen LogP contribution in [0.5, 0.6) is 0 Å². The summed E-state index contributed by atoms with van der Waals surface area (Å²) in [7, 11) is 0. The lowest BCUT2D eigenvalue weighted by atomic mass is 9.74. The third-order valence-corrected chi connectivity index (χ3v) is 6.28. The fraction of sp³-hybridized carbons (Fsp3) is 0.800. The van der Waals surface area contributed by atoms with Crippen molar-refractivity contribution in [1.82, 2.24) is 9.96 Å². The summed E-state index contributed by atoms with van der Waals surface area (Å²) in [6.07, 6.45) is 16.4. The summed E-state index contributed by atoms with van der Waals surface area (Å²) in [5.41, 5.74) is 0.696. The third-order valence-electron chi connectivity index (χ3n) is 6.28. The number of hydrogen-bond acceptors (Lipinski definition) is 3. The van der Waals surface area contributed by atoms with E-state index in [0.717, 1.165) is 45.3 Å². The van der Waals surface area contributed by atoms with Crippen molar-refractivity contribution in [3.05, 3.63) is 24.9 Å². The van der Waals surface area contributed by atoms with Gasteiger partial charge in [-0.2, -0.15) is 5.06 Å². The van der Waals surface area contributed by atoms with Crippen LogP contribution in [0.4, 0.5) is 0 Å². The molecule has 1 N–H and O–H groups in total. The molecule has 23 heavy (non-hydrogen) atoms. The van der Waals surface area contributed by atoms with Crippen molar-refractivity contribution in [3.8, 4) is 0 Å². The number of likely N-dealkylation sites (tertiary alicyclic amines) is 1. The van der Waals surface area contributed by atoms with Crippen molar-refractivity contribution >= 4 is 0 Å². The fourth-order valence-corrected chi connectivity index (χ4v) is 4.51. The van der Waals surface area contributed by atoms with Crippen molar-refractivity contribution in [2.24, 2.45) is 10.8 Å². The molecule has 0 radical (unpaired) electrons. The van der Waals surface area contributed by atoms with Gasteiger partial charge in [0.2, 0.25) is 0 Å². The van der Waals surface area contributed by atoms with E-state index in [1.54, 1.807) is 0 Å². The molecule has 0 saturated carbocycles. The van der Waals surface area contributed by atoms with Gasteiger partial charge in [-0.05, 0) is 68.4 Å². The van der Waals surface area contributed by atoms with Crippen LogP contribution in [0.25, 0.3) is 0 Å². The Bertz CT molecular complexity index is 408. The molecule has 2 atom stereocenters.